The molecule has 0 spiro atoms. The molecule has 0 aromatic heterocycles. The molecule has 4 heteroatoms. The lowest BCUT2D eigenvalue weighted by atomic mass is 10.2. The Kier molecular flexibility index (Phi) is 4.43. The van der Waals surface area contributed by atoms with Gasteiger partial charge in [0.25, 0.3) is 0 Å². The van der Waals surface area contributed by atoms with E-state index in [0.29, 0.717) is 0 Å². The molecule has 1 fully saturated rings. The molecule has 1 aromatic carbocycles. The molecule has 0 bridgehead atoms. The van der Waals surface area contributed by atoms with Gasteiger partial charge in [0.2, 0.25) is 5.91 Å². The summed E-state index contributed by atoms with van der Waals surface area (Å²) in [5.74, 6) is 5.65. The van der Waals surface area contributed by atoms with Gasteiger partial charge in [0.15, 0.2) is 0 Å². The number of aliphatic hydroxyl groups is 1. The van der Waals surface area contributed by atoms with Crippen molar-refractivity contribution in [3.05, 3.63) is 29.8 Å². The Morgan fingerprint density at radius 1 is 1.21 bits per heavy atom. The third kappa shape index (κ3) is 3.49. The van der Waals surface area contributed by atoms with Crippen molar-refractivity contribution in [2.75, 3.05) is 37.7 Å². The van der Waals surface area contributed by atoms with E-state index < -0.39 is 0 Å². The van der Waals surface area contributed by atoms with E-state index in [4.69, 9.17) is 5.11 Å². The van der Waals surface area contributed by atoms with Crippen molar-refractivity contribution in [1.82, 2.24) is 4.90 Å². The van der Waals surface area contributed by atoms with Crippen LogP contribution in [-0.4, -0.2) is 48.7 Å². The summed E-state index contributed by atoms with van der Waals surface area (Å²) in [7, 11) is 0. The number of benzene rings is 1. The summed E-state index contributed by atoms with van der Waals surface area (Å²) >= 11 is 0. The molecule has 1 amide bonds. The number of amides is 1. The fourth-order valence-electron chi connectivity index (χ4n) is 2.18. The van der Waals surface area contributed by atoms with Gasteiger partial charge in [-0.2, -0.15) is 0 Å². The maximum Gasteiger partial charge on any atom is 0.219 e. The Hall–Kier alpha value is -1.99. The van der Waals surface area contributed by atoms with Crippen molar-refractivity contribution >= 4 is 11.6 Å². The molecule has 1 N–H and O–H groups in total. The van der Waals surface area contributed by atoms with Crippen molar-refractivity contribution < 1.29 is 9.90 Å². The molecule has 1 aliphatic heterocycles. The Morgan fingerprint density at radius 3 is 2.37 bits per heavy atom. The summed E-state index contributed by atoms with van der Waals surface area (Å²) in [6, 6.07) is 7.97. The standard InChI is InChI=1S/C15H18N2O2/c1-13(19)16-8-10-17(11-9-16)15-6-4-14(5-7-15)3-2-12-18/h4-7,18H,8-12H2,1H3. The second-order valence-corrected chi connectivity index (χ2v) is 4.50. The van der Waals surface area contributed by atoms with E-state index >= 15 is 0 Å². The smallest absolute Gasteiger partial charge is 0.219 e. The normalized spacial score (nSPS) is 14.8. The molecule has 1 saturated heterocycles. The van der Waals surface area contributed by atoms with Crippen LogP contribution in [0.4, 0.5) is 5.69 Å². The van der Waals surface area contributed by atoms with E-state index in [9.17, 15) is 4.79 Å². The zero-order valence-electron chi connectivity index (χ0n) is 11.1. The van der Waals surface area contributed by atoms with Crippen LogP contribution in [0.15, 0.2) is 24.3 Å². The minimum Gasteiger partial charge on any atom is -0.384 e. The molecule has 4 nitrogen and oxygen atoms in total. The highest BCUT2D eigenvalue weighted by Gasteiger charge is 2.18. The molecule has 19 heavy (non-hydrogen) atoms. The molecule has 0 aliphatic carbocycles. The topological polar surface area (TPSA) is 43.8 Å². The highest BCUT2D eigenvalue weighted by Crippen LogP contribution is 2.17. The zero-order valence-corrected chi connectivity index (χ0v) is 11.1. The monoisotopic (exact) mass is 258 g/mol. The van der Waals surface area contributed by atoms with Crippen LogP contribution in [0.2, 0.25) is 0 Å². The molecule has 100 valence electrons. The van der Waals surface area contributed by atoms with Crippen LogP contribution in [0.25, 0.3) is 0 Å². The van der Waals surface area contributed by atoms with E-state index in [1.807, 2.05) is 29.2 Å². The van der Waals surface area contributed by atoms with Gasteiger partial charge < -0.3 is 14.9 Å². The highest BCUT2D eigenvalue weighted by molar-refractivity contribution is 5.73. The first kappa shape index (κ1) is 13.4. The average Bonchev–Trinajstić information content (AvgIpc) is 2.46. The zero-order chi connectivity index (χ0) is 13.7. The van der Waals surface area contributed by atoms with Gasteiger partial charge in [0.05, 0.1) is 0 Å². The first-order valence-corrected chi connectivity index (χ1v) is 6.41. The number of carbonyl (C=O) groups excluding carboxylic acids is 1. The van der Waals surface area contributed by atoms with Gasteiger partial charge in [0, 0.05) is 44.4 Å². The Labute approximate surface area is 113 Å². The molecule has 1 aromatic rings. The first-order chi connectivity index (χ1) is 9.20. The predicted molar refractivity (Wildman–Crippen MR) is 74.9 cm³/mol. The first-order valence-electron chi connectivity index (χ1n) is 6.41. The third-order valence-electron chi connectivity index (χ3n) is 3.27. The summed E-state index contributed by atoms with van der Waals surface area (Å²) in [5.41, 5.74) is 2.05. The molecular formula is C15H18N2O2. The molecule has 1 aliphatic rings. The Bertz CT molecular complexity index is 491. The fourth-order valence-corrected chi connectivity index (χ4v) is 2.18. The summed E-state index contributed by atoms with van der Waals surface area (Å²) in [6.45, 7) is 4.78. The predicted octanol–water partition coefficient (Wildman–Crippen LogP) is 0.699. The summed E-state index contributed by atoms with van der Waals surface area (Å²) in [5, 5.41) is 8.64. The average molecular weight is 258 g/mol. The molecule has 1 heterocycles. The van der Waals surface area contributed by atoms with Gasteiger partial charge in [0.1, 0.15) is 6.61 Å². The van der Waals surface area contributed by atoms with Crippen LogP contribution in [0.3, 0.4) is 0 Å². The number of hydrogen-bond acceptors (Lipinski definition) is 3. The molecule has 2 rings (SSSR count). The van der Waals surface area contributed by atoms with Crippen molar-refractivity contribution in [2.45, 2.75) is 6.92 Å². The number of piperazine rings is 1. The Morgan fingerprint density at radius 2 is 1.84 bits per heavy atom. The van der Waals surface area contributed by atoms with E-state index in [1.54, 1.807) is 6.92 Å². The van der Waals surface area contributed by atoms with Crippen molar-refractivity contribution in [2.24, 2.45) is 0 Å². The SMILES string of the molecule is CC(=O)N1CCN(c2ccc(C#CCO)cc2)CC1. The number of anilines is 1. The van der Waals surface area contributed by atoms with Crippen molar-refractivity contribution in [3.63, 3.8) is 0 Å². The van der Waals surface area contributed by atoms with Gasteiger partial charge >= 0.3 is 0 Å². The lowest BCUT2D eigenvalue weighted by molar-refractivity contribution is -0.129. The van der Waals surface area contributed by atoms with Crippen LogP contribution in [0.1, 0.15) is 12.5 Å². The minimum absolute atomic E-state index is 0.116. The second-order valence-electron chi connectivity index (χ2n) is 4.50. The molecule has 0 atom stereocenters. The van der Waals surface area contributed by atoms with Crippen molar-refractivity contribution in [1.29, 1.82) is 0 Å². The summed E-state index contributed by atoms with van der Waals surface area (Å²) < 4.78 is 0. The summed E-state index contributed by atoms with van der Waals surface area (Å²) in [6.07, 6.45) is 0. The quantitative estimate of drug-likeness (QED) is 0.754. The molecule has 0 unspecified atom stereocenters. The van der Waals surface area contributed by atoms with Crippen LogP contribution in [-0.2, 0) is 4.79 Å². The number of rotatable bonds is 1. The number of nitrogens with zero attached hydrogens (tertiary/aromatic N) is 2. The lowest BCUT2D eigenvalue weighted by Crippen LogP contribution is -2.48. The van der Waals surface area contributed by atoms with Gasteiger partial charge in [-0.1, -0.05) is 11.8 Å². The second kappa shape index (κ2) is 6.26. The number of hydrogen-bond donors (Lipinski definition) is 1. The van der Waals surface area contributed by atoms with E-state index in [2.05, 4.69) is 16.7 Å². The number of aliphatic hydroxyl groups excluding tert-OH is 1. The van der Waals surface area contributed by atoms with E-state index in [-0.39, 0.29) is 12.5 Å². The van der Waals surface area contributed by atoms with Gasteiger partial charge in [-0.25, -0.2) is 0 Å². The largest absolute Gasteiger partial charge is 0.384 e. The van der Waals surface area contributed by atoms with Crippen LogP contribution >= 0.6 is 0 Å². The lowest BCUT2D eigenvalue weighted by Gasteiger charge is -2.35. The van der Waals surface area contributed by atoms with E-state index in [0.717, 1.165) is 37.4 Å². The van der Waals surface area contributed by atoms with E-state index in [1.165, 1.54) is 0 Å². The number of carbonyl (C=O) groups is 1. The Balaban J connectivity index is 1.98. The summed E-state index contributed by atoms with van der Waals surface area (Å²) in [4.78, 5) is 15.4. The minimum atomic E-state index is -0.116. The van der Waals surface area contributed by atoms with Crippen LogP contribution in [0, 0.1) is 11.8 Å². The molecular weight excluding hydrogens is 240 g/mol. The highest BCUT2D eigenvalue weighted by atomic mass is 16.2. The van der Waals surface area contributed by atoms with Gasteiger partial charge in [-0.3, -0.25) is 4.79 Å². The van der Waals surface area contributed by atoms with Crippen LogP contribution in [0.5, 0.6) is 0 Å². The van der Waals surface area contributed by atoms with Crippen molar-refractivity contribution in [3.8, 4) is 11.8 Å². The van der Waals surface area contributed by atoms with Gasteiger partial charge in [-0.05, 0) is 24.3 Å². The van der Waals surface area contributed by atoms with Gasteiger partial charge in [-0.15, -0.1) is 0 Å². The molecule has 0 radical (unpaired) electrons. The maximum atomic E-state index is 11.3. The maximum absolute atomic E-state index is 11.3. The fraction of sp³-hybridized carbons (Fsp3) is 0.400. The third-order valence-corrected chi connectivity index (χ3v) is 3.27. The van der Waals surface area contributed by atoms with Crippen LogP contribution < -0.4 is 4.90 Å². The molecule has 0 saturated carbocycles.